The maximum Gasteiger partial charge on any atom is 0.471 e. The molecule has 0 aromatic carbocycles. The van der Waals surface area contributed by atoms with Crippen LogP contribution in [0.15, 0.2) is 12.2 Å². The Hall–Kier alpha value is -1.00. The first-order chi connectivity index (χ1) is 5.38. The Balaban J connectivity index is 3.81. The standard InChI is InChI=1S/C7H10F3NO/c1-3-5(2)4-11-6(12)7(8,9)10/h2-4H2,1H3,(H,11,12). The number of carbonyl (C=O) groups is 1. The van der Waals surface area contributed by atoms with Crippen LogP contribution in [0.1, 0.15) is 13.3 Å². The number of amides is 1. The SMILES string of the molecule is C=C(CC)CNC(=O)C(F)(F)F. The number of carbonyl (C=O) groups excluding carboxylic acids is 1. The van der Waals surface area contributed by atoms with E-state index in [1.54, 1.807) is 12.2 Å². The number of rotatable bonds is 3. The molecule has 0 aliphatic carbocycles. The van der Waals surface area contributed by atoms with Crippen LogP contribution in [-0.2, 0) is 4.79 Å². The molecule has 0 aromatic rings. The van der Waals surface area contributed by atoms with E-state index >= 15 is 0 Å². The van der Waals surface area contributed by atoms with Crippen molar-refractivity contribution in [1.29, 1.82) is 0 Å². The second-order valence-corrected chi connectivity index (χ2v) is 2.28. The van der Waals surface area contributed by atoms with Crippen LogP contribution < -0.4 is 5.32 Å². The van der Waals surface area contributed by atoms with Gasteiger partial charge in [0, 0.05) is 6.54 Å². The number of hydrogen-bond donors (Lipinski definition) is 1. The van der Waals surface area contributed by atoms with Gasteiger partial charge < -0.3 is 5.32 Å². The zero-order chi connectivity index (χ0) is 9.78. The molecule has 0 aliphatic rings. The summed E-state index contributed by atoms with van der Waals surface area (Å²) in [5, 5.41) is 1.71. The first kappa shape index (κ1) is 11.0. The number of halogens is 3. The van der Waals surface area contributed by atoms with Crippen molar-refractivity contribution >= 4 is 5.91 Å². The lowest BCUT2D eigenvalue weighted by Crippen LogP contribution is -2.37. The van der Waals surface area contributed by atoms with Gasteiger partial charge in [0.1, 0.15) is 0 Å². The van der Waals surface area contributed by atoms with Crippen molar-refractivity contribution in [2.45, 2.75) is 19.5 Å². The highest BCUT2D eigenvalue weighted by atomic mass is 19.4. The van der Waals surface area contributed by atoms with Gasteiger partial charge in [-0.1, -0.05) is 19.1 Å². The molecule has 5 heteroatoms. The Morgan fingerprint density at radius 3 is 2.33 bits per heavy atom. The Morgan fingerprint density at radius 2 is 2.00 bits per heavy atom. The van der Waals surface area contributed by atoms with E-state index in [0.29, 0.717) is 12.0 Å². The first-order valence-corrected chi connectivity index (χ1v) is 3.39. The van der Waals surface area contributed by atoms with Crippen LogP contribution in [-0.4, -0.2) is 18.6 Å². The Morgan fingerprint density at radius 1 is 1.50 bits per heavy atom. The van der Waals surface area contributed by atoms with Crippen LogP contribution in [0, 0.1) is 0 Å². The summed E-state index contributed by atoms with van der Waals surface area (Å²) < 4.78 is 34.7. The lowest BCUT2D eigenvalue weighted by molar-refractivity contribution is -0.173. The molecule has 0 radical (unpaired) electrons. The summed E-state index contributed by atoms with van der Waals surface area (Å²) >= 11 is 0. The largest absolute Gasteiger partial charge is 0.471 e. The first-order valence-electron chi connectivity index (χ1n) is 3.39. The number of hydrogen-bond acceptors (Lipinski definition) is 1. The van der Waals surface area contributed by atoms with Gasteiger partial charge in [-0.05, 0) is 6.42 Å². The summed E-state index contributed by atoms with van der Waals surface area (Å²) in [6.45, 7) is 5.08. The number of alkyl halides is 3. The molecule has 0 spiro atoms. The van der Waals surface area contributed by atoms with Crippen LogP contribution in [0.3, 0.4) is 0 Å². The molecule has 12 heavy (non-hydrogen) atoms. The summed E-state index contributed by atoms with van der Waals surface area (Å²) in [7, 11) is 0. The van der Waals surface area contributed by atoms with Crippen molar-refractivity contribution in [2.24, 2.45) is 0 Å². The van der Waals surface area contributed by atoms with E-state index in [-0.39, 0.29) is 6.54 Å². The normalized spacial score (nSPS) is 11.0. The molecule has 0 bridgehead atoms. The van der Waals surface area contributed by atoms with Gasteiger partial charge in [-0.3, -0.25) is 4.79 Å². The van der Waals surface area contributed by atoms with E-state index in [4.69, 9.17) is 0 Å². The third-order valence-electron chi connectivity index (χ3n) is 1.26. The minimum atomic E-state index is -4.80. The molecule has 0 unspecified atom stereocenters. The van der Waals surface area contributed by atoms with Crippen molar-refractivity contribution in [3.63, 3.8) is 0 Å². The van der Waals surface area contributed by atoms with Crippen molar-refractivity contribution in [2.75, 3.05) is 6.54 Å². The van der Waals surface area contributed by atoms with Crippen LogP contribution in [0.2, 0.25) is 0 Å². The fourth-order valence-electron chi connectivity index (χ4n) is 0.431. The highest BCUT2D eigenvalue weighted by Gasteiger charge is 2.38. The number of nitrogens with one attached hydrogen (secondary N) is 1. The molecular formula is C7H10F3NO. The molecule has 0 aromatic heterocycles. The van der Waals surface area contributed by atoms with Gasteiger partial charge in [0.05, 0.1) is 0 Å². The molecule has 0 saturated carbocycles. The fraction of sp³-hybridized carbons (Fsp3) is 0.571. The predicted octanol–water partition coefficient (Wildman–Crippen LogP) is 1.63. The monoisotopic (exact) mass is 181 g/mol. The summed E-state index contributed by atoms with van der Waals surface area (Å²) in [6, 6.07) is 0. The molecule has 0 aliphatic heterocycles. The smallest absolute Gasteiger partial charge is 0.345 e. The molecule has 0 heterocycles. The maximum atomic E-state index is 11.6. The molecule has 1 N–H and O–H groups in total. The average molecular weight is 181 g/mol. The van der Waals surface area contributed by atoms with E-state index in [1.165, 1.54) is 0 Å². The van der Waals surface area contributed by atoms with Crippen molar-refractivity contribution in [3.8, 4) is 0 Å². The molecule has 0 fully saturated rings. The molecule has 2 nitrogen and oxygen atoms in total. The van der Waals surface area contributed by atoms with Crippen LogP contribution in [0.25, 0.3) is 0 Å². The van der Waals surface area contributed by atoms with Gasteiger partial charge in [-0.15, -0.1) is 0 Å². The Kier molecular flexibility index (Phi) is 3.79. The van der Waals surface area contributed by atoms with Crippen LogP contribution in [0.5, 0.6) is 0 Å². The molecule has 0 saturated heterocycles. The van der Waals surface area contributed by atoms with E-state index in [9.17, 15) is 18.0 Å². The van der Waals surface area contributed by atoms with E-state index < -0.39 is 12.1 Å². The molecule has 70 valence electrons. The Bertz CT molecular complexity index is 186. The van der Waals surface area contributed by atoms with Crippen molar-refractivity contribution in [3.05, 3.63) is 12.2 Å². The lowest BCUT2D eigenvalue weighted by atomic mass is 10.2. The Labute approximate surface area is 68.4 Å². The van der Waals surface area contributed by atoms with Gasteiger partial charge in [0.25, 0.3) is 0 Å². The molecule has 0 rings (SSSR count). The van der Waals surface area contributed by atoms with Gasteiger partial charge in [-0.2, -0.15) is 13.2 Å². The topological polar surface area (TPSA) is 29.1 Å². The lowest BCUT2D eigenvalue weighted by Gasteiger charge is -2.07. The molecular weight excluding hydrogens is 171 g/mol. The maximum absolute atomic E-state index is 11.6. The minimum absolute atomic E-state index is 0.116. The van der Waals surface area contributed by atoms with Crippen LogP contribution in [0.4, 0.5) is 13.2 Å². The zero-order valence-electron chi connectivity index (χ0n) is 6.66. The third-order valence-corrected chi connectivity index (χ3v) is 1.26. The van der Waals surface area contributed by atoms with Gasteiger partial charge in [0.15, 0.2) is 0 Å². The minimum Gasteiger partial charge on any atom is -0.345 e. The summed E-state index contributed by atoms with van der Waals surface area (Å²) in [4.78, 5) is 10.2. The second kappa shape index (κ2) is 4.13. The van der Waals surface area contributed by atoms with E-state index in [2.05, 4.69) is 6.58 Å². The molecule has 1 amide bonds. The summed E-state index contributed by atoms with van der Waals surface area (Å²) in [5.74, 6) is -1.92. The fourth-order valence-corrected chi connectivity index (χ4v) is 0.431. The van der Waals surface area contributed by atoms with Gasteiger partial charge in [0.2, 0.25) is 0 Å². The van der Waals surface area contributed by atoms with Crippen LogP contribution >= 0.6 is 0 Å². The molecule has 0 atom stereocenters. The second-order valence-electron chi connectivity index (χ2n) is 2.28. The summed E-state index contributed by atoms with van der Waals surface area (Å²) in [6.07, 6.45) is -4.24. The van der Waals surface area contributed by atoms with Gasteiger partial charge in [-0.25, -0.2) is 0 Å². The van der Waals surface area contributed by atoms with Crippen molar-refractivity contribution in [1.82, 2.24) is 5.32 Å². The zero-order valence-corrected chi connectivity index (χ0v) is 6.66. The van der Waals surface area contributed by atoms with E-state index in [1.807, 2.05) is 0 Å². The quantitative estimate of drug-likeness (QED) is 0.659. The highest BCUT2D eigenvalue weighted by molar-refractivity contribution is 5.81. The van der Waals surface area contributed by atoms with Gasteiger partial charge >= 0.3 is 12.1 Å². The third kappa shape index (κ3) is 4.00. The van der Waals surface area contributed by atoms with Crippen molar-refractivity contribution < 1.29 is 18.0 Å². The summed E-state index contributed by atoms with van der Waals surface area (Å²) in [5.41, 5.74) is 0.563. The van der Waals surface area contributed by atoms with E-state index in [0.717, 1.165) is 0 Å². The predicted molar refractivity (Wildman–Crippen MR) is 38.5 cm³/mol. The highest BCUT2D eigenvalue weighted by Crippen LogP contribution is 2.14. The average Bonchev–Trinajstić information content (AvgIpc) is 1.97.